The number of hydrogen-bond donors (Lipinski definition) is 1. The zero-order chi connectivity index (χ0) is 22.4. The van der Waals surface area contributed by atoms with Gasteiger partial charge >= 0.3 is 5.97 Å². The fraction of sp³-hybridized carbons (Fsp3) is 0.333. The molecule has 10 nitrogen and oxygen atoms in total. The second-order valence-corrected chi connectivity index (χ2v) is 7.00. The molecule has 1 aromatic carbocycles. The molecule has 0 radical (unpaired) electrons. The smallest absolute Gasteiger partial charge is 0.305 e. The lowest BCUT2D eigenvalue weighted by Gasteiger charge is -2.18. The van der Waals surface area contributed by atoms with E-state index in [1.54, 1.807) is 24.3 Å². The number of nitrogens with zero attached hydrogens (tertiary/aromatic N) is 3. The Balaban J connectivity index is 1.42. The number of hydrogen-bond acceptors (Lipinski definition) is 8. The fourth-order valence-corrected chi connectivity index (χ4v) is 3.14. The molecule has 1 aliphatic heterocycles. The molecule has 0 saturated carbocycles. The maximum absolute atomic E-state index is 12.3. The van der Waals surface area contributed by atoms with Gasteiger partial charge in [-0.3, -0.25) is 29.4 Å². The van der Waals surface area contributed by atoms with Gasteiger partial charge < -0.3 is 10.1 Å². The average Bonchev–Trinajstić information content (AvgIpc) is 3.02. The number of anilines is 1. The summed E-state index contributed by atoms with van der Waals surface area (Å²) in [5.74, 6) is -0.688. The Bertz CT molecular complexity index is 957. The molecule has 3 rings (SSSR count). The normalized spacial score (nSPS) is 13.6. The van der Waals surface area contributed by atoms with Crippen LogP contribution in [0.25, 0.3) is 0 Å². The molecular weight excluding hydrogens is 404 g/mol. The van der Waals surface area contributed by atoms with Crippen LogP contribution in [-0.4, -0.2) is 51.8 Å². The number of pyridine rings is 1. The largest absolute Gasteiger partial charge is 0.463 e. The summed E-state index contributed by atoms with van der Waals surface area (Å²) in [6, 6.07) is 9.25. The summed E-state index contributed by atoms with van der Waals surface area (Å²) < 4.78 is 5.28. The highest BCUT2D eigenvalue weighted by molar-refractivity contribution is 6.21. The molecule has 1 N–H and O–H groups in total. The van der Waals surface area contributed by atoms with Gasteiger partial charge in [-0.05, 0) is 31.0 Å². The first-order valence-corrected chi connectivity index (χ1v) is 9.88. The number of carbonyl (C=O) groups excluding carboxylic acids is 3. The van der Waals surface area contributed by atoms with Crippen molar-refractivity contribution in [2.75, 3.05) is 18.5 Å². The van der Waals surface area contributed by atoms with E-state index < -0.39 is 10.9 Å². The van der Waals surface area contributed by atoms with Gasteiger partial charge in [-0.1, -0.05) is 19.1 Å². The lowest BCUT2D eigenvalue weighted by molar-refractivity contribution is -0.385. The topological polar surface area (TPSA) is 132 Å². The van der Waals surface area contributed by atoms with Crippen LogP contribution >= 0.6 is 0 Å². The van der Waals surface area contributed by atoms with E-state index in [0.29, 0.717) is 29.8 Å². The third-order valence-electron chi connectivity index (χ3n) is 4.89. The first-order valence-electron chi connectivity index (χ1n) is 9.88. The monoisotopic (exact) mass is 426 g/mol. The van der Waals surface area contributed by atoms with Gasteiger partial charge in [-0.2, -0.15) is 0 Å². The van der Waals surface area contributed by atoms with E-state index in [9.17, 15) is 24.5 Å². The van der Waals surface area contributed by atoms with Crippen LogP contribution in [0.15, 0.2) is 42.6 Å². The second-order valence-electron chi connectivity index (χ2n) is 7.00. The van der Waals surface area contributed by atoms with Crippen LogP contribution in [0.4, 0.5) is 11.5 Å². The number of benzene rings is 1. The molecule has 31 heavy (non-hydrogen) atoms. The number of ether oxygens (including phenoxy) is 1. The highest BCUT2D eigenvalue weighted by Crippen LogP contribution is 2.22. The summed E-state index contributed by atoms with van der Waals surface area (Å²) in [6.45, 7) is 2.14. The molecule has 162 valence electrons. The number of nitro groups is 1. The molecule has 2 aromatic rings. The quantitative estimate of drug-likeness (QED) is 0.265. The SMILES string of the molecule is CCC(COC(=O)CCCN1C(=O)c2ccccc2C1=O)Nc1ccc([N+](=O)[O-])cn1. The van der Waals surface area contributed by atoms with Gasteiger partial charge in [-0.25, -0.2) is 4.98 Å². The minimum Gasteiger partial charge on any atom is -0.463 e. The number of amides is 2. The van der Waals surface area contributed by atoms with Crippen molar-refractivity contribution in [2.45, 2.75) is 32.2 Å². The van der Waals surface area contributed by atoms with Crippen molar-refractivity contribution in [1.29, 1.82) is 0 Å². The van der Waals surface area contributed by atoms with Crippen LogP contribution in [-0.2, 0) is 9.53 Å². The Morgan fingerprint density at radius 3 is 2.42 bits per heavy atom. The zero-order valence-electron chi connectivity index (χ0n) is 16.9. The van der Waals surface area contributed by atoms with Gasteiger partial charge in [-0.15, -0.1) is 0 Å². The molecule has 1 unspecified atom stereocenters. The van der Waals surface area contributed by atoms with Crippen LogP contribution in [0.1, 0.15) is 46.9 Å². The van der Waals surface area contributed by atoms with Gasteiger partial charge in [0.2, 0.25) is 0 Å². The predicted molar refractivity (Wildman–Crippen MR) is 111 cm³/mol. The number of carbonyl (C=O) groups is 3. The van der Waals surface area contributed by atoms with Gasteiger partial charge in [0.15, 0.2) is 0 Å². The lowest BCUT2D eigenvalue weighted by atomic mass is 10.1. The minimum absolute atomic E-state index is 0.0691. The third-order valence-corrected chi connectivity index (χ3v) is 4.89. The van der Waals surface area contributed by atoms with Crippen LogP contribution in [0.5, 0.6) is 0 Å². The number of aromatic nitrogens is 1. The molecule has 1 atom stereocenters. The van der Waals surface area contributed by atoms with E-state index in [-0.39, 0.29) is 43.1 Å². The molecule has 2 heterocycles. The van der Waals surface area contributed by atoms with Crippen molar-refractivity contribution in [3.8, 4) is 0 Å². The van der Waals surface area contributed by atoms with Crippen molar-refractivity contribution in [3.63, 3.8) is 0 Å². The van der Waals surface area contributed by atoms with Gasteiger partial charge in [0.1, 0.15) is 18.6 Å². The lowest BCUT2D eigenvalue weighted by Crippen LogP contribution is -2.31. The number of imide groups is 1. The third kappa shape index (κ3) is 5.21. The van der Waals surface area contributed by atoms with Crippen LogP contribution < -0.4 is 5.32 Å². The maximum atomic E-state index is 12.3. The molecule has 0 aliphatic carbocycles. The van der Waals surface area contributed by atoms with Gasteiger partial charge in [0, 0.05) is 19.0 Å². The standard InChI is InChI=1S/C21H22N4O6/c1-2-14(23-18-10-9-15(12-22-18)25(29)30)13-31-19(26)8-5-11-24-20(27)16-6-3-4-7-17(16)21(24)28/h3-4,6-7,9-10,12,14H,2,5,8,11,13H2,1H3,(H,22,23). The molecule has 1 aliphatic rings. The fourth-order valence-electron chi connectivity index (χ4n) is 3.14. The van der Waals surface area contributed by atoms with Crippen molar-refractivity contribution in [1.82, 2.24) is 9.88 Å². The molecule has 2 amide bonds. The van der Waals surface area contributed by atoms with E-state index in [4.69, 9.17) is 4.74 Å². The van der Waals surface area contributed by atoms with Gasteiger partial charge in [0.25, 0.3) is 17.5 Å². The number of rotatable bonds is 10. The predicted octanol–water partition coefficient (Wildman–Crippen LogP) is 2.80. The maximum Gasteiger partial charge on any atom is 0.305 e. The summed E-state index contributed by atoms with van der Waals surface area (Å²) >= 11 is 0. The summed E-state index contributed by atoms with van der Waals surface area (Å²) in [5, 5.41) is 13.7. The first-order chi connectivity index (χ1) is 14.9. The molecule has 0 saturated heterocycles. The Morgan fingerprint density at radius 2 is 1.87 bits per heavy atom. The number of nitrogens with one attached hydrogen (secondary N) is 1. The van der Waals surface area contributed by atoms with E-state index in [0.717, 1.165) is 11.1 Å². The van der Waals surface area contributed by atoms with E-state index in [1.165, 1.54) is 12.1 Å². The molecule has 0 bridgehead atoms. The van der Waals surface area contributed by atoms with Crippen molar-refractivity contribution < 1.29 is 24.0 Å². The van der Waals surface area contributed by atoms with Crippen molar-refractivity contribution in [2.24, 2.45) is 0 Å². The summed E-state index contributed by atoms with van der Waals surface area (Å²) in [4.78, 5) is 51.9. The molecule has 0 fully saturated rings. The summed E-state index contributed by atoms with van der Waals surface area (Å²) in [6.07, 6.45) is 2.17. The molecule has 10 heteroatoms. The molecule has 0 spiro atoms. The van der Waals surface area contributed by atoms with Crippen molar-refractivity contribution in [3.05, 3.63) is 63.8 Å². The zero-order valence-corrected chi connectivity index (χ0v) is 16.9. The summed E-state index contributed by atoms with van der Waals surface area (Å²) in [5.41, 5.74) is 0.654. The Morgan fingerprint density at radius 1 is 1.19 bits per heavy atom. The Kier molecular flexibility index (Phi) is 6.91. The van der Waals surface area contributed by atoms with Gasteiger partial charge in [0.05, 0.1) is 22.1 Å². The van der Waals surface area contributed by atoms with Crippen LogP contribution in [0.2, 0.25) is 0 Å². The Hall–Kier alpha value is -3.82. The molecular formula is C21H22N4O6. The summed E-state index contributed by atoms with van der Waals surface area (Å²) in [7, 11) is 0. The Labute approximate surface area is 178 Å². The minimum atomic E-state index is -0.530. The van der Waals surface area contributed by atoms with Crippen LogP contribution in [0, 0.1) is 10.1 Å². The highest BCUT2D eigenvalue weighted by atomic mass is 16.6. The van der Waals surface area contributed by atoms with Crippen LogP contribution in [0.3, 0.4) is 0 Å². The van der Waals surface area contributed by atoms with E-state index in [2.05, 4.69) is 10.3 Å². The van der Waals surface area contributed by atoms with E-state index >= 15 is 0 Å². The number of fused-ring (bicyclic) bond motifs is 1. The molecule has 1 aromatic heterocycles. The number of esters is 1. The highest BCUT2D eigenvalue weighted by Gasteiger charge is 2.34. The average molecular weight is 426 g/mol. The van der Waals surface area contributed by atoms with Crippen molar-refractivity contribution >= 4 is 29.3 Å². The first kappa shape index (κ1) is 21.9. The second kappa shape index (κ2) is 9.79. The van der Waals surface area contributed by atoms with E-state index in [1.807, 2.05) is 6.92 Å².